The first kappa shape index (κ1) is 15.8. The van der Waals surface area contributed by atoms with E-state index in [1.165, 1.54) is 0 Å². The van der Waals surface area contributed by atoms with Gasteiger partial charge in [-0.2, -0.15) is 0 Å². The van der Waals surface area contributed by atoms with Gasteiger partial charge < -0.3 is 21.0 Å². The van der Waals surface area contributed by atoms with Crippen LogP contribution in [0.3, 0.4) is 0 Å². The van der Waals surface area contributed by atoms with Crippen molar-refractivity contribution in [3.8, 4) is 0 Å². The highest BCUT2D eigenvalue weighted by Gasteiger charge is 2.22. The van der Waals surface area contributed by atoms with Crippen LogP contribution in [0.4, 0.5) is 4.79 Å². The zero-order valence-electron chi connectivity index (χ0n) is 12.0. The van der Waals surface area contributed by atoms with Crippen molar-refractivity contribution < 1.29 is 14.7 Å². The highest BCUT2D eigenvalue weighted by atomic mass is 16.6. The molecule has 1 amide bonds. The van der Waals surface area contributed by atoms with Gasteiger partial charge >= 0.3 is 6.09 Å². The highest BCUT2D eigenvalue weighted by molar-refractivity contribution is 5.88. The molecule has 4 N–H and O–H groups in total. The van der Waals surface area contributed by atoms with Gasteiger partial charge in [-0.05, 0) is 26.3 Å². The van der Waals surface area contributed by atoms with E-state index in [-0.39, 0.29) is 5.84 Å². The first-order chi connectivity index (χ1) is 9.31. The lowest BCUT2D eigenvalue weighted by molar-refractivity contribution is 0.0517. The molecule has 110 valence electrons. The Balaban J connectivity index is 2.73. The lowest BCUT2D eigenvalue weighted by atomic mass is 10.1. The third-order valence-electron chi connectivity index (χ3n) is 2.45. The predicted octanol–water partition coefficient (Wildman–Crippen LogP) is 1.87. The molecule has 6 nitrogen and oxygen atoms in total. The second-order valence-corrected chi connectivity index (χ2v) is 5.41. The number of benzene rings is 1. The number of carbonyl (C=O) groups is 1. The van der Waals surface area contributed by atoms with E-state index in [0.717, 1.165) is 5.56 Å². The van der Waals surface area contributed by atoms with Crippen LogP contribution < -0.4 is 11.1 Å². The van der Waals surface area contributed by atoms with Crippen LogP contribution in [0, 0.1) is 0 Å². The van der Waals surface area contributed by atoms with Gasteiger partial charge in [-0.3, -0.25) is 0 Å². The average molecular weight is 279 g/mol. The normalized spacial score (nSPS) is 13.7. The van der Waals surface area contributed by atoms with Gasteiger partial charge in [0.05, 0.1) is 6.04 Å². The van der Waals surface area contributed by atoms with Gasteiger partial charge in [-0.15, -0.1) is 0 Å². The van der Waals surface area contributed by atoms with Gasteiger partial charge in [0.15, 0.2) is 5.84 Å². The molecule has 6 heteroatoms. The monoisotopic (exact) mass is 279 g/mol. The minimum Gasteiger partial charge on any atom is -0.444 e. The van der Waals surface area contributed by atoms with Crippen LogP contribution in [0.1, 0.15) is 26.3 Å². The number of carbonyl (C=O) groups excluding carboxylic acids is 1. The summed E-state index contributed by atoms with van der Waals surface area (Å²) in [6.07, 6.45) is -0.194. The molecule has 0 unspecified atom stereocenters. The van der Waals surface area contributed by atoms with Crippen LogP contribution in [0.15, 0.2) is 35.5 Å². The zero-order chi connectivity index (χ0) is 15.2. The van der Waals surface area contributed by atoms with Crippen LogP contribution in [-0.2, 0) is 11.2 Å². The summed E-state index contributed by atoms with van der Waals surface area (Å²) >= 11 is 0. The highest BCUT2D eigenvalue weighted by Crippen LogP contribution is 2.08. The Bertz CT molecular complexity index is 466. The molecule has 0 radical (unpaired) electrons. The van der Waals surface area contributed by atoms with E-state index in [2.05, 4.69) is 10.5 Å². The second kappa shape index (κ2) is 6.79. The Kier molecular flexibility index (Phi) is 5.37. The molecule has 0 heterocycles. The Labute approximate surface area is 118 Å². The first-order valence-electron chi connectivity index (χ1n) is 6.32. The molecule has 1 atom stereocenters. The van der Waals surface area contributed by atoms with Crippen LogP contribution in [0.25, 0.3) is 0 Å². The molecule has 1 rings (SSSR count). The SMILES string of the molecule is CC(C)(C)OC(=O)N[C@@H](Cc1ccccc1)/C(N)=N/O. The van der Waals surface area contributed by atoms with Crippen molar-refractivity contribution in [2.24, 2.45) is 10.9 Å². The second-order valence-electron chi connectivity index (χ2n) is 5.41. The number of nitrogens with one attached hydrogen (secondary N) is 1. The number of rotatable bonds is 4. The largest absolute Gasteiger partial charge is 0.444 e. The lowest BCUT2D eigenvalue weighted by Gasteiger charge is -2.23. The fraction of sp³-hybridized carbons (Fsp3) is 0.429. The third-order valence-corrected chi connectivity index (χ3v) is 2.45. The predicted molar refractivity (Wildman–Crippen MR) is 76.7 cm³/mol. The summed E-state index contributed by atoms with van der Waals surface area (Å²) in [4.78, 5) is 11.8. The van der Waals surface area contributed by atoms with E-state index in [0.29, 0.717) is 6.42 Å². The lowest BCUT2D eigenvalue weighted by Crippen LogP contribution is -2.47. The van der Waals surface area contributed by atoms with Gasteiger partial charge in [0.1, 0.15) is 5.60 Å². The average Bonchev–Trinajstić information content (AvgIpc) is 2.36. The van der Waals surface area contributed by atoms with Crippen molar-refractivity contribution in [1.29, 1.82) is 0 Å². The van der Waals surface area contributed by atoms with Gasteiger partial charge in [0, 0.05) is 6.42 Å². The van der Waals surface area contributed by atoms with E-state index < -0.39 is 17.7 Å². The Morgan fingerprint density at radius 1 is 1.40 bits per heavy atom. The van der Waals surface area contributed by atoms with Crippen molar-refractivity contribution in [3.05, 3.63) is 35.9 Å². The number of hydrogen-bond donors (Lipinski definition) is 3. The number of amides is 1. The topological polar surface area (TPSA) is 96.9 Å². The summed E-state index contributed by atoms with van der Waals surface area (Å²) in [5.74, 6) is -0.0697. The summed E-state index contributed by atoms with van der Waals surface area (Å²) in [7, 11) is 0. The van der Waals surface area contributed by atoms with Gasteiger partial charge in [-0.25, -0.2) is 4.79 Å². The minimum atomic E-state index is -0.628. The van der Waals surface area contributed by atoms with Crippen molar-refractivity contribution in [2.45, 2.75) is 38.8 Å². The van der Waals surface area contributed by atoms with Gasteiger partial charge in [0.25, 0.3) is 0 Å². The Morgan fingerprint density at radius 2 is 2.00 bits per heavy atom. The molecule has 0 aliphatic carbocycles. The maximum Gasteiger partial charge on any atom is 0.408 e. The summed E-state index contributed by atoms with van der Waals surface area (Å²) in [6.45, 7) is 5.30. The number of hydrogen-bond acceptors (Lipinski definition) is 4. The van der Waals surface area contributed by atoms with Gasteiger partial charge in [0.2, 0.25) is 0 Å². The molecule has 0 aliphatic rings. The third kappa shape index (κ3) is 5.60. The van der Waals surface area contributed by atoms with E-state index in [9.17, 15) is 4.79 Å². The van der Waals surface area contributed by atoms with Crippen LogP contribution in [-0.4, -0.2) is 28.8 Å². The van der Waals surface area contributed by atoms with Crippen LogP contribution in [0.2, 0.25) is 0 Å². The van der Waals surface area contributed by atoms with Gasteiger partial charge in [-0.1, -0.05) is 35.5 Å². The quantitative estimate of drug-likeness (QED) is 0.339. The van der Waals surface area contributed by atoms with Crippen molar-refractivity contribution >= 4 is 11.9 Å². The number of nitrogens with zero attached hydrogens (tertiary/aromatic N) is 1. The Morgan fingerprint density at radius 3 is 2.50 bits per heavy atom. The summed E-state index contributed by atoms with van der Waals surface area (Å²) in [6, 6.07) is 8.82. The number of amidine groups is 1. The summed E-state index contributed by atoms with van der Waals surface area (Å²) < 4.78 is 5.16. The molecule has 0 spiro atoms. The summed E-state index contributed by atoms with van der Waals surface area (Å²) in [5, 5.41) is 14.4. The number of alkyl carbamates (subject to hydrolysis) is 1. The fourth-order valence-electron chi connectivity index (χ4n) is 1.60. The molecule has 0 aromatic heterocycles. The molecular weight excluding hydrogens is 258 g/mol. The minimum absolute atomic E-state index is 0.0697. The van der Waals surface area contributed by atoms with Crippen LogP contribution in [0.5, 0.6) is 0 Å². The van der Waals surface area contributed by atoms with E-state index >= 15 is 0 Å². The molecule has 0 saturated carbocycles. The molecule has 1 aromatic carbocycles. The smallest absolute Gasteiger partial charge is 0.408 e. The van der Waals surface area contributed by atoms with Crippen molar-refractivity contribution in [3.63, 3.8) is 0 Å². The van der Waals surface area contributed by atoms with E-state index in [4.69, 9.17) is 15.7 Å². The fourth-order valence-corrected chi connectivity index (χ4v) is 1.60. The first-order valence-corrected chi connectivity index (χ1v) is 6.32. The molecule has 20 heavy (non-hydrogen) atoms. The molecule has 0 fully saturated rings. The number of nitrogens with two attached hydrogens (primary N) is 1. The van der Waals surface area contributed by atoms with E-state index in [1.54, 1.807) is 20.8 Å². The Hall–Kier alpha value is -2.24. The van der Waals surface area contributed by atoms with E-state index in [1.807, 2.05) is 30.3 Å². The number of oxime groups is 1. The molecule has 0 bridgehead atoms. The molecular formula is C14H21N3O3. The van der Waals surface area contributed by atoms with Crippen molar-refractivity contribution in [2.75, 3.05) is 0 Å². The molecule has 0 aliphatic heterocycles. The number of ether oxygens (including phenoxy) is 1. The van der Waals surface area contributed by atoms with Crippen LogP contribution >= 0.6 is 0 Å². The maximum atomic E-state index is 11.8. The zero-order valence-corrected chi connectivity index (χ0v) is 12.0. The summed E-state index contributed by atoms with van der Waals surface area (Å²) in [5.41, 5.74) is 5.96. The molecule has 1 aromatic rings. The van der Waals surface area contributed by atoms with Crippen molar-refractivity contribution in [1.82, 2.24) is 5.32 Å². The molecule has 0 saturated heterocycles. The standard InChI is InChI=1S/C14H21N3O3/c1-14(2,3)20-13(18)16-11(12(15)17-19)9-10-7-5-4-6-8-10/h4-8,11,19H,9H2,1-3H3,(H2,15,17)(H,16,18)/t11-/m0/s1. The maximum absolute atomic E-state index is 11.8.